The van der Waals surface area contributed by atoms with Crippen molar-refractivity contribution < 1.29 is 4.74 Å². The molecule has 1 radical (unpaired) electrons. The molecule has 2 heterocycles. The van der Waals surface area contributed by atoms with Crippen molar-refractivity contribution in [1.82, 2.24) is 5.32 Å². The minimum absolute atomic E-state index is 0.878. The first-order valence-electron chi connectivity index (χ1n) is 4.68. The molecule has 11 heavy (non-hydrogen) atoms. The highest BCUT2D eigenvalue weighted by Gasteiger charge is 2.28. The molecule has 0 amide bonds. The van der Waals surface area contributed by atoms with Crippen LogP contribution in [0.1, 0.15) is 19.3 Å². The molecule has 2 heteroatoms. The number of nitrogens with zero attached hydrogens (tertiary/aromatic N) is 1. The van der Waals surface area contributed by atoms with E-state index in [0.29, 0.717) is 0 Å². The van der Waals surface area contributed by atoms with Crippen molar-refractivity contribution in [2.75, 3.05) is 26.3 Å². The molecule has 2 nitrogen and oxygen atoms in total. The van der Waals surface area contributed by atoms with Crippen molar-refractivity contribution in [2.24, 2.45) is 11.8 Å². The van der Waals surface area contributed by atoms with Gasteiger partial charge >= 0.3 is 0 Å². The molecule has 2 rings (SSSR count). The fraction of sp³-hybridized carbons (Fsp3) is 1.00. The smallest absolute Gasteiger partial charge is 0.0519 e. The van der Waals surface area contributed by atoms with Crippen molar-refractivity contribution in [1.29, 1.82) is 0 Å². The summed E-state index contributed by atoms with van der Waals surface area (Å²) in [5, 5.41) is 4.42. The molecule has 0 aromatic heterocycles. The first-order valence-corrected chi connectivity index (χ1v) is 4.68. The van der Waals surface area contributed by atoms with E-state index in [2.05, 4.69) is 5.32 Å². The summed E-state index contributed by atoms with van der Waals surface area (Å²) >= 11 is 0. The maximum Gasteiger partial charge on any atom is 0.0519 e. The van der Waals surface area contributed by atoms with Crippen molar-refractivity contribution in [3.63, 3.8) is 0 Å². The molecule has 0 aromatic rings. The summed E-state index contributed by atoms with van der Waals surface area (Å²) < 4.78 is 5.20. The first kappa shape index (κ1) is 7.56. The molecule has 63 valence electrons. The van der Waals surface area contributed by atoms with Crippen LogP contribution in [-0.2, 0) is 4.74 Å². The van der Waals surface area contributed by atoms with Crippen LogP contribution in [0.5, 0.6) is 0 Å². The molecule has 1 atom stereocenters. The quantitative estimate of drug-likeness (QED) is 0.553. The van der Waals surface area contributed by atoms with Gasteiger partial charge in [-0.3, -0.25) is 0 Å². The van der Waals surface area contributed by atoms with Crippen LogP contribution in [0.15, 0.2) is 0 Å². The summed E-state index contributed by atoms with van der Waals surface area (Å²) in [6.45, 7) is 4.24. The second kappa shape index (κ2) is 3.55. The first-order chi connectivity index (χ1) is 5.47. The number of hydrogen-bond donors (Lipinski definition) is 0. The zero-order chi connectivity index (χ0) is 7.52. The maximum atomic E-state index is 5.20. The minimum Gasteiger partial charge on any atom is -0.381 e. The molecular formula is C9H16NO. The van der Waals surface area contributed by atoms with E-state index < -0.39 is 0 Å². The van der Waals surface area contributed by atoms with Crippen LogP contribution in [0.3, 0.4) is 0 Å². The highest BCUT2D eigenvalue weighted by atomic mass is 16.5. The summed E-state index contributed by atoms with van der Waals surface area (Å²) in [6, 6.07) is 0. The lowest BCUT2D eigenvalue weighted by Crippen LogP contribution is -2.34. The summed E-state index contributed by atoms with van der Waals surface area (Å²) in [6.07, 6.45) is 4.01. The van der Waals surface area contributed by atoms with E-state index in [1.54, 1.807) is 0 Å². The number of rotatable bonds is 1. The summed E-state index contributed by atoms with van der Waals surface area (Å²) in [5.74, 6) is 1.80. The summed E-state index contributed by atoms with van der Waals surface area (Å²) in [5.41, 5.74) is 0. The molecule has 0 saturated carbocycles. The summed E-state index contributed by atoms with van der Waals surface area (Å²) in [4.78, 5) is 0. The van der Waals surface area contributed by atoms with E-state index in [0.717, 1.165) is 38.1 Å². The van der Waals surface area contributed by atoms with E-state index >= 15 is 0 Å². The highest BCUT2D eigenvalue weighted by Crippen LogP contribution is 2.28. The van der Waals surface area contributed by atoms with Crippen LogP contribution in [0, 0.1) is 11.8 Å². The normalized spacial score (nSPS) is 34.4. The average Bonchev–Trinajstić information content (AvgIpc) is 2.12. The highest BCUT2D eigenvalue weighted by molar-refractivity contribution is 4.77. The molecular weight excluding hydrogens is 138 g/mol. The van der Waals surface area contributed by atoms with Crippen LogP contribution < -0.4 is 5.32 Å². The molecule has 2 aliphatic heterocycles. The lowest BCUT2D eigenvalue weighted by Gasteiger charge is -2.32. The molecule has 2 fully saturated rings. The van der Waals surface area contributed by atoms with Gasteiger partial charge in [0.05, 0.1) is 13.2 Å². The van der Waals surface area contributed by atoms with Gasteiger partial charge in [-0.15, -0.1) is 0 Å². The van der Waals surface area contributed by atoms with Crippen molar-refractivity contribution in [3.05, 3.63) is 0 Å². The summed E-state index contributed by atoms with van der Waals surface area (Å²) in [7, 11) is 0. The van der Waals surface area contributed by atoms with E-state index in [9.17, 15) is 0 Å². The van der Waals surface area contributed by atoms with E-state index in [1.807, 2.05) is 0 Å². The Hall–Kier alpha value is -0.0800. The van der Waals surface area contributed by atoms with Gasteiger partial charge in [0, 0.05) is 19.0 Å². The zero-order valence-electron chi connectivity index (χ0n) is 6.96. The molecule has 0 bridgehead atoms. The Morgan fingerprint density at radius 3 is 2.64 bits per heavy atom. The lowest BCUT2D eigenvalue weighted by molar-refractivity contribution is -0.0628. The Bertz CT molecular complexity index is 115. The monoisotopic (exact) mass is 154 g/mol. The van der Waals surface area contributed by atoms with Gasteiger partial charge < -0.3 is 4.74 Å². The van der Waals surface area contributed by atoms with Crippen LogP contribution in [0.4, 0.5) is 0 Å². The van der Waals surface area contributed by atoms with E-state index in [-0.39, 0.29) is 0 Å². The van der Waals surface area contributed by atoms with Crippen molar-refractivity contribution in [3.8, 4) is 0 Å². The van der Waals surface area contributed by atoms with Crippen LogP contribution in [-0.4, -0.2) is 26.3 Å². The Labute approximate surface area is 68.3 Å². The minimum atomic E-state index is 0.878. The van der Waals surface area contributed by atoms with Gasteiger partial charge in [-0.2, -0.15) is 0 Å². The number of hydrogen-bond acceptors (Lipinski definition) is 1. The molecule has 2 aliphatic rings. The van der Waals surface area contributed by atoms with E-state index in [1.165, 1.54) is 19.3 Å². The Morgan fingerprint density at radius 2 is 1.91 bits per heavy atom. The fourth-order valence-electron chi connectivity index (χ4n) is 1.98. The van der Waals surface area contributed by atoms with Crippen LogP contribution in [0.2, 0.25) is 0 Å². The Balaban J connectivity index is 1.80. The van der Waals surface area contributed by atoms with Gasteiger partial charge in [0.2, 0.25) is 0 Å². The molecule has 0 N–H and O–H groups in total. The fourth-order valence-corrected chi connectivity index (χ4v) is 1.98. The van der Waals surface area contributed by atoms with Gasteiger partial charge in [-0.1, -0.05) is 0 Å². The predicted octanol–water partition coefficient (Wildman–Crippen LogP) is 1.04. The molecule has 2 saturated heterocycles. The van der Waals surface area contributed by atoms with Gasteiger partial charge in [0.15, 0.2) is 0 Å². The number of ether oxygens (including phenoxy) is 1. The predicted molar refractivity (Wildman–Crippen MR) is 43.5 cm³/mol. The van der Waals surface area contributed by atoms with Gasteiger partial charge in [-0.05, 0) is 25.2 Å². The van der Waals surface area contributed by atoms with Gasteiger partial charge in [0.25, 0.3) is 0 Å². The van der Waals surface area contributed by atoms with Gasteiger partial charge in [0.1, 0.15) is 0 Å². The molecule has 1 unspecified atom stereocenters. The third-order valence-corrected chi connectivity index (χ3v) is 2.88. The molecule has 0 aromatic carbocycles. The lowest BCUT2D eigenvalue weighted by atomic mass is 9.85. The standard InChI is InChI=1S/C9H16NO/c1-2-8(3-5-10-4-1)9-6-11-7-9/h8-9H,1-7H2. The third kappa shape index (κ3) is 1.74. The van der Waals surface area contributed by atoms with Crippen molar-refractivity contribution >= 4 is 0 Å². The zero-order valence-corrected chi connectivity index (χ0v) is 6.96. The molecule has 0 spiro atoms. The largest absolute Gasteiger partial charge is 0.381 e. The van der Waals surface area contributed by atoms with Crippen LogP contribution >= 0.6 is 0 Å². The second-order valence-corrected chi connectivity index (χ2v) is 3.66. The van der Waals surface area contributed by atoms with Crippen LogP contribution in [0.25, 0.3) is 0 Å². The molecule has 0 aliphatic carbocycles. The van der Waals surface area contributed by atoms with Crippen molar-refractivity contribution in [2.45, 2.75) is 19.3 Å². The van der Waals surface area contributed by atoms with E-state index in [4.69, 9.17) is 4.74 Å². The second-order valence-electron chi connectivity index (χ2n) is 3.66. The Morgan fingerprint density at radius 1 is 1.00 bits per heavy atom. The third-order valence-electron chi connectivity index (χ3n) is 2.88. The van der Waals surface area contributed by atoms with Gasteiger partial charge in [-0.25, -0.2) is 5.32 Å². The Kier molecular flexibility index (Phi) is 2.44. The maximum absolute atomic E-state index is 5.20. The topological polar surface area (TPSA) is 23.3 Å². The SMILES string of the molecule is C1C[N]CCC(C2COC2)C1. The average molecular weight is 154 g/mol.